The second-order valence-corrected chi connectivity index (χ2v) is 3.30. The number of hydrogen-bond acceptors (Lipinski definition) is 2. The van der Waals surface area contributed by atoms with E-state index in [1.54, 1.807) is 10.1 Å². The third-order valence-electron chi connectivity index (χ3n) is 2.69. The Morgan fingerprint density at radius 3 is 2.64 bits per heavy atom. The van der Waals surface area contributed by atoms with Crippen molar-refractivity contribution >= 4 is 10.1 Å². The number of fused-ring (bicyclic) bond motifs is 1. The quantitative estimate of drug-likeness (QED) is 0.440. The monoisotopic (exact) mass is 170 g/mol. The van der Waals surface area contributed by atoms with E-state index in [2.05, 4.69) is 6.92 Å². The van der Waals surface area contributed by atoms with E-state index in [4.69, 9.17) is 9.20 Å². The van der Waals surface area contributed by atoms with Gasteiger partial charge in [-0.2, -0.15) is 0 Å². The summed E-state index contributed by atoms with van der Waals surface area (Å²) in [4.78, 5) is 0. The lowest BCUT2D eigenvalue weighted by atomic mass is 9.88. The fourth-order valence-corrected chi connectivity index (χ4v) is 1.86. The van der Waals surface area contributed by atoms with Gasteiger partial charge in [-0.05, 0) is 25.2 Å². The molecule has 1 aliphatic carbocycles. The highest BCUT2D eigenvalue weighted by molar-refractivity contribution is 5.85. The highest BCUT2D eigenvalue weighted by Gasteiger charge is 2.43. The van der Waals surface area contributed by atoms with Crippen LogP contribution < -0.4 is 0 Å². The SMILES string of the molecule is CCC1CCC2OC2C1.O=[Si]. The summed E-state index contributed by atoms with van der Waals surface area (Å²) < 4.78 is 13.5. The molecule has 0 aromatic carbocycles. The van der Waals surface area contributed by atoms with Crippen molar-refractivity contribution < 1.29 is 9.20 Å². The summed E-state index contributed by atoms with van der Waals surface area (Å²) in [6, 6.07) is 0. The molecule has 2 nitrogen and oxygen atoms in total. The average Bonchev–Trinajstić information content (AvgIpc) is 2.85. The summed E-state index contributed by atoms with van der Waals surface area (Å²) in [6.45, 7) is 2.29. The molecule has 3 unspecified atom stereocenters. The van der Waals surface area contributed by atoms with Gasteiger partial charge in [0.15, 0.2) is 0 Å². The first-order valence-corrected chi connectivity index (χ1v) is 4.67. The zero-order valence-electron chi connectivity index (χ0n) is 6.88. The highest BCUT2D eigenvalue weighted by atomic mass is 28.1. The molecule has 3 atom stereocenters. The molecule has 3 heteroatoms. The Bertz CT molecular complexity index is 129. The van der Waals surface area contributed by atoms with E-state index < -0.39 is 0 Å². The normalized spacial score (nSPS) is 39.9. The van der Waals surface area contributed by atoms with Gasteiger partial charge in [-0.25, -0.2) is 0 Å². The van der Waals surface area contributed by atoms with Crippen molar-refractivity contribution in [1.29, 1.82) is 0 Å². The first-order valence-electron chi connectivity index (χ1n) is 4.26. The Morgan fingerprint density at radius 1 is 1.36 bits per heavy atom. The number of ether oxygens (including phenoxy) is 1. The molecule has 1 saturated carbocycles. The zero-order chi connectivity index (χ0) is 8.27. The third-order valence-corrected chi connectivity index (χ3v) is 2.69. The lowest BCUT2D eigenvalue weighted by molar-refractivity contribution is 0.357. The van der Waals surface area contributed by atoms with Gasteiger partial charge in [0.05, 0.1) is 12.2 Å². The van der Waals surface area contributed by atoms with Gasteiger partial charge in [0.1, 0.15) is 0 Å². The van der Waals surface area contributed by atoms with E-state index >= 15 is 0 Å². The molecule has 2 aliphatic rings. The van der Waals surface area contributed by atoms with Gasteiger partial charge in [0, 0.05) is 0 Å². The van der Waals surface area contributed by atoms with Gasteiger partial charge in [0.2, 0.25) is 0 Å². The minimum Gasteiger partial charge on any atom is -0.381 e. The second kappa shape index (κ2) is 4.12. The van der Waals surface area contributed by atoms with Crippen LogP contribution in [-0.4, -0.2) is 22.3 Å². The molecule has 2 radical (unpaired) electrons. The van der Waals surface area contributed by atoms with Gasteiger partial charge in [0.25, 0.3) is 0 Å². The van der Waals surface area contributed by atoms with Crippen LogP contribution >= 0.6 is 0 Å². The third kappa shape index (κ3) is 2.20. The molecule has 2 rings (SSSR count). The van der Waals surface area contributed by atoms with Crippen molar-refractivity contribution in [2.75, 3.05) is 0 Å². The Labute approximate surface area is 70.8 Å². The van der Waals surface area contributed by atoms with E-state index in [1.807, 2.05) is 0 Å². The molecular weight excluding hydrogens is 156 g/mol. The van der Waals surface area contributed by atoms with Gasteiger partial charge in [-0.1, -0.05) is 13.3 Å². The summed E-state index contributed by atoms with van der Waals surface area (Å²) in [6.07, 6.45) is 6.82. The van der Waals surface area contributed by atoms with Gasteiger partial charge < -0.3 is 9.20 Å². The van der Waals surface area contributed by atoms with Crippen molar-refractivity contribution in [3.63, 3.8) is 0 Å². The summed E-state index contributed by atoms with van der Waals surface area (Å²) in [5, 5.41) is 0. The van der Waals surface area contributed by atoms with E-state index in [9.17, 15) is 0 Å². The zero-order valence-corrected chi connectivity index (χ0v) is 7.88. The van der Waals surface area contributed by atoms with E-state index in [1.165, 1.54) is 25.7 Å². The summed E-state index contributed by atoms with van der Waals surface area (Å²) in [7, 11) is 1.72. The maximum atomic E-state index is 8.06. The fraction of sp³-hybridized carbons (Fsp3) is 1.00. The maximum absolute atomic E-state index is 8.06. The van der Waals surface area contributed by atoms with E-state index in [-0.39, 0.29) is 0 Å². The molecule has 1 heterocycles. The van der Waals surface area contributed by atoms with Crippen molar-refractivity contribution in [2.45, 2.75) is 44.8 Å². The summed E-state index contributed by atoms with van der Waals surface area (Å²) in [5.41, 5.74) is 0. The molecule has 0 bridgehead atoms. The average molecular weight is 170 g/mol. The minimum absolute atomic E-state index is 0.684. The van der Waals surface area contributed by atoms with Crippen molar-refractivity contribution in [3.8, 4) is 0 Å². The summed E-state index contributed by atoms with van der Waals surface area (Å²) >= 11 is 0. The molecule has 2 fully saturated rings. The first-order chi connectivity index (χ1) is 5.40. The van der Waals surface area contributed by atoms with Crippen LogP contribution in [0.15, 0.2) is 0 Å². The smallest absolute Gasteiger partial charge is 0.381 e. The molecule has 1 aliphatic heterocycles. The molecule has 0 spiro atoms. The van der Waals surface area contributed by atoms with E-state index in [0.29, 0.717) is 12.2 Å². The number of rotatable bonds is 1. The van der Waals surface area contributed by atoms with Crippen molar-refractivity contribution in [3.05, 3.63) is 0 Å². The van der Waals surface area contributed by atoms with Crippen LogP contribution in [0, 0.1) is 5.92 Å². The topological polar surface area (TPSA) is 29.6 Å². The number of hydrogen-bond donors (Lipinski definition) is 0. The lowest BCUT2D eigenvalue weighted by Gasteiger charge is -2.15. The van der Waals surface area contributed by atoms with Gasteiger partial charge in [-0.15, -0.1) is 0 Å². The van der Waals surface area contributed by atoms with Crippen LogP contribution in [0.3, 0.4) is 0 Å². The summed E-state index contributed by atoms with van der Waals surface area (Å²) in [5.74, 6) is 0.980. The molecule has 62 valence electrons. The van der Waals surface area contributed by atoms with Crippen molar-refractivity contribution in [1.82, 2.24) is 0 Å². The molecular formula is C8H14O2Si. The predicted octanol–water partition coefficient (Wildman–Crippen LogP) is 1.46. The molecule has 1 saturated heterocycles. The van der Waals surface area contributed by atoms with Gasteiger partial charge >= 0.3 is 10.1 Å². The van der Waals surface area contributed by atoms with Crippen molar-refractivity contribution in [2.24, 2.45) is 5.92 Å². The molecule has 11 heavy (non-hydrogen) atoms. The Hall–Kier alpha value is -0.0231. The maximum Gasteiger partial charge on any atom is 0.381 e. The lowest BCUT2D eigenvalue weighted by Crippen LogP contribution is -2.11. The van der Waals surface area contributed by atoms with E-state index in [0.717, 1.165) is 5.92 Å². The molecule has 0 aromatic heterocycles. The first kappa shape index (κ1) is 9.07. The Balaban J connectivity index is 0.000000281. The van der Waals surface area contributed by atoms with Crippen LogP contribution in [-0.2, 0) is 9.20 Å². The molecule has 0 aromatic rings. The highest BCUT2D eigenvalue weighted by Crippen LogP contribution is 2.40. The molecule has 0 N–H and O–H groups in total. The Morgan fingerprint density at radius 2 is 2.09 bits per heavy atom. The van der Waals surface area contributed by atoms with Crippen LogP contribution in [0.1, 0.15) is 32.6 Å². The predicted molar refractivity (Wildman–Crippen MR) is 42.7 cm³/mol. The second-order valence-electron chi connectivity index (χ2n) is 3.30. The van der Waals surface area contributed by atoms with Crippen LogP contribution in [0.2, 0.25) is 0 Å². The van der Waals surface area contributed by atoms with Gasteiger partial charge in [-0.3, -0.25) is 0 Å². The molecule has 0 amide bonds. The van der Waals surface area contributed by atoms with Crippen LogP contribution in [0.5, 0.6) is 0 Å². The fourth-order valence-electron chi connectivity index (χ4n) is 1.86. The van der Waals surface area contributed by atoms with Crippen LogP contribution in [0.25, 0.3) is 0 Å². The van der Waals surface area contributed by atoms with Crippen LogP contribution in [0.4, 0.5) is 0 Å². The minimum atomic E-state index is 0.684. The largest absolute Gasteiger partial charge is 0.381 e. The Kier molecular flexibility index (Phi) is 3.39. The standard InChI is InChI=1S/C8H14O.OSi/c1-2-6-3-4-7-8(5-6)9-7;1-2/h6-8H,2-5H2,1H3;. The number of epoxide rings is 1.